The molecule has 0 spiro atoms. The molecule has 1 aromatic rings. The van der Waals surface area contributed by atoms with Crippen molar-refractivity contribution in [1.82, 2.24) is 4.31 Å². The number of anilines is 1. The highest BCUT2D eigenvalue weighted by Gasteiger charge is 2.20. The second kappa shape index (κ2) is 8.54. The van der Waals surface area contributed by atoms with Crippen molar-refractivity contribution in [3.63, 3.8) is 0 Å². The van der Waals surface area contributed by atoms with Crippen LogP contribution < -0.4 is 5.73 Å². The lowest BCUT2D eigenvalue weighted by atomic mass is 10.3. The fourth-order valence-corrected chi connectivity index (χ4v) is 4.87. The van der Waals surface area contributed by atoms with Crippen molar-refractivity contribution in [1.29, 1.82) is 0 Å². The predicted molar refractivity (Wildman–Crippen MR) is 87.5 cm³/mol. The SMILES string of the molecule is CCCN(CCC)S(=O)(=O)CCSc1ccccc1N. The minimum Gasteiger partial charge on any atom is -0.398 e. The van der Waals surface area contributed by atoms with E-state index in [1.54, 1.807) is 4.31 Å². The Bertz CT molecular complexity index is 498. The van der Waals surface area contributed by atoms with Gasteiger partial charge in [-0.3, -0.25) is 0 Å². The lowest BCUT2D eigenvalue weighted by molar-refractivity contribution is 0.411. The van der Waals surface area contributed by atoms with Gasteiger partial charge in [-0.25, -0.2) is 12.7 Å². The first-order valence-corrected chi connectivity index (χ1v) is 9.55. The van der Waals surface area contributed by atoms with Crippen molar-refractivity contribution in [2.75, 3.05) is 30.3 Å². The highest BCUT2D eigenvalue weighted by molar-refractivity contribution is 8.00. The van der Waals surface area contributed by atoms with Gasteiger partial charge >= 0.3 is 0 Å². The lowest BCUT2D eigenvalue weighted by Gasteiger charge is -2.20. The summed E-state index contributed by atoms with van der Waals surface area (Å²) < 4.78 is 26.1. The van der Waals surface area contributed by atoms with Crippen LogP contribution in [0.4, 0.5) is 5.69 Å². The van der Waals surface area contributed by atoms with Crippen molar-refractivity contribution in [3.8, 4) is 0 Å². The summed E-state index contributed by atoms with van der Waals surface area (Å²) in [7, 11) is -3.16. The van der Waals surface area contributed by atoms with E-state index in [-0.39, 0.29) is 5.75 Å². The van der Waals surface area contributed by atoms with Crippen LogP contribution in [0.3, 0.4) is 0 Å². The normalized spacial score (nSPS) is 11.9. The molecule has 0 atom stereocenters. The summed E-state index contributed by atoms with van der Waals surface area (Å²) in [5.41, 5.74) is 6.55. The third-order valence-corrected chi connectivity index (χ3v) is 6.08. The zero-order chi connectivity index (χ0) is 15.0. The Hall–Kier alpha value is -0.720. The molecule has 0 radical (unpaired) electrons. The van der Waals surface area contributed by atoms with E-state index in [2.05, 4.69) is 0 Å². The van der Waals surface area contributed by atoms with Gasteiger partial charge in [0, 0.05) is 29.4 Å². The molecule has 20 heavy (non-hydrogen) atoms. The molecule has 0 unspecified atom stereocenters. The molecule has 0 aliphatic heterocycles. The number of hydrogen-bond donors (Lipinski definition) is 1. The van der Waals surface area contributed by atoms with Crippen LogP contribution in [-0.4, -0.2) is 37.3 Å². The molecule has 1 rings (SSSR count). The monoisotopic (exact) mass is 316 g/mol. The zero-order valence-corrected chi connectivity index (χ0v) is 13.8. The molecule has 6 heteroatoms. The summed E-state index contributed by atoms with van der Waals surface area (Å²) in [6.45, 7) is 5.21. The minimum atomic E-state index is -3.16. The van der Waals surface area contributed by atoms with Crippen LogP contribution in [0.15, 0.2) is 29.2 Å². The van der Waals surface area contributed by atoms with Gasteiger partial charge in [-0.1, -0.05) is 26.0 Å². The summed E-state index contributed by atoms with van der Waals surface area (Å²) in [6, 6.07) is 7.54. The summed E-state index contributed by atoms with van der Waals surface area (Å²) in [4.78, 5) is 0.945. The number of benzene rings is 1. The van der Waals surface area contributed by atoms with Gasteiger partial charge in [0.1, 0.15) is 0 Å². The molecule has 1 aromatic carbocycles. The third kappa shape index (κ3) is 5.34. The van der Waals surface area contributed by atoms with Crippen molar-refractivity contribution < 1.29 is 8.42 Å². The topological polar surface area (TPSA) is 63.4 Å². The molecule has 0 amide bonds. The Balaban J connectivity index is 2.56. The van der Waals surface area contributed by atoms with Gasteiger partial charge in [0.25, 0.3) is 0 Å². The highest BCUT2D eigenvalue weighted by Crippen LogP contribution is 2.24. The molecule has 4 nitrogen and oxygen atoms in total. The van der Waals surface area contributed by atoms with Crippen LogP contribution >= 0.6 is 11.8 Å². The Morgan fingerprint density at radius 2 is 1.75 bits per heavy atom. The number of sulfonamides is 1. The van der Waals surface area contributed by atoms with E-state index < -0.39 is 10.0 Å². The minimum absolute atomic E-state index is 0.159. The molecule has 0 saturated heterocycles. The first kappa shape index (κ1) is 17.3. The summed E-state index contributed by atoms with van der Waals surface area (Å²) >= 11 is 1.50. The molecule has 0 saturated carbocycles. The Morgan fingerprint density at radius 3 is 2.30 bits per heavy atom. The van der Waals surface area contributed by atoms with E-state index in [0.29, 0.717) is 24.5 Å². The van der Waals surface area contributed by atoms with Gasteiger partial charge < -0.3 is 5.73 Å². The third-order valence-electron chi connectivity index (χ3n) is 2.86. The Morgan fingerprint density at radius 1 is 1.15 bits per heavy atom. The second-order valence-electron chi connectivity index (χ2n) is 4.60. The van der Waals surface area contributed by atoms with Gasteiger partial charge in [0.05, 0.1) is 5.75 Å². The second-order valence-corrected chi connectivity index (χ2v) is 7.83. The van der Waals surface area contributed by atoms with Crippen LogP contribution in [0.5, 0.6) is 0 Å². The number of para-hydroxylation sites is 1. The fourth-order valence-electron chi connectivity index (χ4n) is 1.89. The van der Waals surface area contributed by atoms with E-state index in [9.17, 15) is 8.42 Å². The maximum Gasteiger partial charge on any atom is 0.214 e. The van der Waals surface area contributed by atoms with E-state index in [1.165, 1.54) is 11.8 Å². The largest absolute Gasteiger partial charge is 0.398 e. The average molecular weight is 316 g/mol. The summed E-state index contributed by atoms with van der Waals surface area (Å²) in [5, 5.41) is 0. The highest BCUT2D eigenvalue weighted by atomic mass is 32.2. The zero-order valence-electron chi connectivity index (χ0n) is 12.2. The van der Waals surface area contributed by atoms with Gasteiger partial charge in [0.15, 0.2) is 0 Å². The van der Waals surface area contributed by atoms with Gasteiger partial charge in [-0.05, 0) is 25.0 Å². The molecule has 0 bridgehead atoms. The fraction of sp³-hybridized carbons (Fsp3) is 0.571. The van der Waals surface area contributed by atoms with Gasteiger partial charge in [0.2, 0.25) is 10.0 Å². The van der Waals surface area contributed by atoms with Crippen molar-refractivity contribution in [2.24, 2.45) is 0 Å². The number of nitrogen functional groups attached to an aromatic ring is 1. The summed E-state index contributed by atoms with van der Waals surface area (Å²) in [6.07, 6.45) is 1.69. The molecule has 0 fully saturated rings. The van der Waals surface area contributed by atoms with E-state index in [1.807, 2.05) is 38.1 Å². The first-order chi connectivity index (χ1) is 9.51. The number of thioether (sulfide) groups is 1. The maximum absolute atomic E-state index is 12.3. The Kier molecular flexibility index (Phi) is 7.40. The van der Waals surface area contributed by atoms with Gasteiger partial charge in [-0.2, -0.15) is 0 Å². The molecule has 2 N–H and O–H groups in total. The first-order valence-electron chi connectivity index (χ1n) is 6.96. The van der Waals surface area contributed by atoms with Crippen LogP contribution in [0.2, 0.25) is 0 Å². The van der Waals surface area contributed by atoms with E-state index in [0.717, 1.165) is 17.7 Å². The van der Waals surface area contributed by atoms with Crippen molar-refractivity contribution >= 4 is 27.5 Å². The van der Waals surface area contributed by atoms with E-state index >= 15 is 0 Å². The average Bonchev–Trinajstić information content (AvgIpc) is 2.40. The maximum atomic E-state index is 12.3. The van der Waals surface area contributed by atoms with Crippen LogP contribution in [0.25, 0.3) is 0 Å². The number of nitrogens with two attached hydrogens (primary N) is 1. The standard InChI is InChI=1S/C14H24N2O2S2/c1-3-9-16(10-4-2)20(17,18)12-11-19-14-8-6-5-7-13(14)15/h5-8H,3-4,9-12,15H2,1-2H3. The van der Waals surface area contributed by atoms with Crippen LogP contribution in [-0.2, 0) is 10.0 Å². The van der Waals surface area contributed by atoms with Crippen LogP contribution in [0, 0.1) is 0 Å². The molecular formula is C14H24N2O2S2. The smallest absolute Gasteiger partial charge is 0.214 e. The molecule has 0 aliphatic rings. The van der Waals surface area contributed by atoms with Gasteiger partial charge in [-0.15, -0.1) is 11.8 Å². The number of rotatable bonds is 9. The quantitative estimate of drug-likeness (QED) is 0.562. The van der Waals surface area contributed by atoms with Crippen molar-refractivity contribution in [3.05, 3.63) is 24.3 Å². The summed E-state index contributed by atoms with van der Waals surface area (Å²) in [5.74, 6) is 0.687. The predicted octanol–water partition coefficient (Wildman–Crippen LogP) is 2.81. The van der Waals surface area contributed by atoms with Crippen molar-refractivity contribution in [2.45, 2.75) is 31.6 Å². The molecule has 0 heterocycles. The molecule has 0 aliphatic carbocycles. The Labute approximate surface area is 126 Å². The molecule has 114 valence electrons. The molecular weight excluding hydrogens is 292 g/mol. The lowest BCUT2D eigenvalue weighted by Crippen LogP contribution is -2.35. The number of hydrogen-bond acceptors (Lipinski definition) is 4. The molecule has 0 aromatic heterocycles. The van der Waals surface area contributed by atoms with Crippen LogP contribution in [0.1, 0.15) is 26.7 Å². The number of nitrogens with zero attached hydrogens (tertiary/aromatic N) is 1. The van der Waals surface area contributed by atoms with E-state index in [4.69, 9.17) is 5.73 Å².